The molecular formula is C48H81O7P. The highest BCUT2D eigenvalue weighted by Crippen LogP contribution is 2.46. The van der Waals surface area contributed by atoms with E-state index in [1.165, 1.54) is 77.0 Å². The van der Waals surface area contributed by atoms with Crippen LogP contribution < -0.4 is 20.1 Å². The lowest BCUT2D eigenvalue weighted by atomic mass is 9.87. The quantitative estimate of drug-likeness (QED) is 0.119. The molecule has 8 heteroatoms. The Kier molecular flexibility index (Phi) is 22.1. The number of hydrogen-bond donors (Lipinski definition) is 1. The molecule has 1 aliphatic rings. The van der Waals surface area contributed by atoms with Gasteiger partial charge in [-0.15, -0.1) is 0 Å². The maximum atomic E-state index is 15.2. The van der Waals surface area contributed by atoms with E-state index >= 15 is 4.57 Å². The number of hydrogen-bond acceptors (Lipinski definition) is 6. The molecule has 0 bridgehead atoms. The largest absolute Gasteiger partial charge is 0.490 e. The van der Waals surface area contributed by atoms with Crippen molar-refractivity contribution in [1.82, 2.24) is 0 Å². The molecule has 1 aliphatic heterocycles. The van der Waals surface area contributed by atoms with Crippen LogP contribution >= 0.6 is 7.37 Å². The zero-order valence-electron chi connectivity index (χ0n) is 36.9. The van der Waals surface area contributed by atoms with Crippen LogP contribution in [0.3, 0.4) is 0 Å². The Bertz CT molecular complexity index is 1310. The van der Waals surface area contributed by atoms with Crippen LogP contribution in [-0.2, 0) is 29.6 Å². The molecule has 0 saturated carbocycles. The Morgan fingerprint density at radius 2 is 0.911 bits per heavy atom. The minimum absolute atomic E-state index is 0.166. The molecule has 320 valence electrons. The van der Waals surface area contributed by atoms with Gasteiger partial charge in [0.05, 0.1) is 49.2 Å². The Balaban J connectivity index is 1.93. The van der Waals surface area contributed by atoms with Gasteiger partial charge in [-0.2, -0.15) is 0 Å². The molecule has 0 amide bonds. The number of ether oxygens (including phenoxy) is 5. The third-order valence-electron chi connectivity index (χ3n) is 11.1. The first kappa shape index (κ1) is 48.5. The summed E-state index contributed by atoms with van der Waals surface area (Å²) in [6.07, 6.45) is 21.2. The third-order valence-corrected chi connectivity index (χ3v) is 13.1. The topological polar surface area (TPSA) is 83.5 Å². The zero-order chi connectivity index (χ0) is 40.9. The van der Waals surface area contributed by atoms with E-state index in [1.54, 1.807) is 0 Å². The van der Waals surface area contributed by atoms with E-state index < -0.39 is 7.37 Å². The molecule has 7 nitrogen and oxygen atoms in total. The van der Waals surface area contributed by atoms with E-state index in [-0.39, 0.29) is 36.3 Å². The zero-order valence-corrected chi connectivity index (χ0v) is 37.8. The van der Waals surface area contributed by atoms with Gasteiger partial charge in [0.2, 0.25) is 0 Å². The van der Waals surface area contributed by atoms with Crippen LogP contribution in [0.4, 0.5) is 0 Å². The molecular weight excluding hydrogens is 719 g/mol. The Morgan fingerprint density at radius 1 is 0.554 bits per heavy atom. The number of benzene rings is 2. The van der Waals surface area contributed by atoms with Crippen molar-refractivity contribution in [3.05, 3.63) is 47.5 Å². The number of fused-ring (bicyclic) bond motifs is 2. The first-order valence-corrected chi connectivity index (χ1v) is 24.1. The van der Waals surface area contributed by atoms with Gasteiger partial charge < -0.3 is 28.6 Å². The lowest BCUT2D eigenvalue weighted by Crippen LogP contribution is -2.29. The monoisotopic (exact) mass is 801 g/mol. The highest BCUT2D eigenvalue weighted by molar-refractivity contribution is 7.73. The predicted molar refractivity (Wildman–Crippen MR) is 235 cm³/mol. The van der Waals surface area contributed by atoms with Crippen LogP contribution in [0.1, 0.15) is 182 Å². The second-order valence-electron chi connectivity index (χ2n) is 18.2. The predicted octanol–water partition coefficient (Wildman–Crippen LogP) is 12.1. The van der Waals surface area contributed by atoms with Crippen LogP contribution in [0.2, 0.25) is 0 Å². The van der Waals surface area contributed by atoms with Crippen molar-refractivity contribution in [3.63, 3.8) is 0 Å². The molecule has 0 fully saturated rings. The first-order valence-electron chi connectivity index (χ1n) is 22.5. The fraction of sp³-hybridized carbons (Fsp3) is 0.750. The minimum atomic E-state index is -4.25. The summed E-state index contributed by atoms with van der Waals surface area (Å²) in [5.41, 5.74) is 1.45. The summed E-state index contributed by atoms with van der Waals surface area (Å²) in [7, 11) is -4.25. The average Bonchev–Trinajstić information content (AvgIpc) is 3.15. The fourth-order valence-electron chi connectivity index (χ4n) is 7.27. The van der Waals surface area contributed by atoms with Crippen LogP contribution in [-0.4, -0.2) is 56.7 Å². The standard InChI is InChI=1S/C48H81O7P/c1-9-11-13-15-17-19-21-23-25-41-37-54-43-29-27-39(47(3,4)5)35-45(43)56(49,50)46-36-40(48(6,7)8)28-30-44(46)55-38-42(53-34-32-51-31-33-52-41)26-24-22-20-18-16-14-12-10-2/h27-30,35-36,41-42H,9-26,31-34,37-38H2,1-8H3,(H,49,50)/t41-,42-/m1/s1. The van der Waals surface area contributed by atoms with Crippen LogP contribution in [0, 0.1) is 0 Å². The molecule has 0 radical (unpaired) electrons. The van der Waals surface area contributed by atoms with E-state index in [9.17, 15) is 4.89 Å². The van der Waals surface area contributed by atoms with Crippen LogP contribution in [0.25, 0.3) is 0 Å². The van der Waals surface area contributed by atoms with Gasteiger partial charge in [0.1, 0.15) is 24.7 Å². The Labute approximate surface area is 342 Å². The molecule has 0 aromatic heterocycles. The van der Waals surface area contributed by atoms with Crippen LogP contribution in [0.15, 0.2) is 36.4 Å². The van der Waals surface area contributed by atoms with Gasteiger partial charge in [-0.25, -0.2) is 0 Å². The summed E-state index contributed by atoms with van der Waals surface area (Å²) < 4.78 is 47.0. The maximum Gasteiger partial charge on any atom is 0.266 e. The van der Waals surface area contributed by atoms with Crippen molar-refractivity contribution in [2.24, 2.45) is 0 Å². The normalized spacial score (nSPS) is 18.9. The SMILES string of the molecule is CCCCCCCCCC[C@@H]1COc2ccc(C(C)(C)C)cc2P(=O)(O)c2cc(C(C)(C)C)ccc2OC[C@@H](CCCCCCCCCC)OCCOCCO1. The summed E-state index contributed by atoms with van der Waals surface area (Å²) in [6, 6.07) is 11.5. The van der Waals surface area contributed by atoms with Gasteiger partial charge >= 0.3 is 0 Å². The molecule has 2 aromatic rings. The third kappa shape index (κ3) is 17.5. The van der Waals surface area contributed by atoms with Gasteiger partial charge in [-0.1, -0.05) is 170 Å². The second-order valence-corrected chi connectivity index (χ2v) is 20.3. The van der Waals surface area contributed by atoms with Gasteiger partial charge in [-0.05, 0) is 59.1 Å². The first-order chi connectivity index (χ1) is 26.8. The van der Waals surface area contributed by atoms with Gasteiger partial charge in [0.15, 0.2) is 0 Å². The molecule has 1 N–H and O–H groups in total. The van der Waals surface area contributed by atoms with Gasteiger partial charge in [-0.3, -0.25) is 4.57 Å². The van der Waals surface area contributed by atoms with Gasteiger partial charge in [0, 0.05) is 0 Å². The number of rotatable bonds is 18. The van der Waals surface area contributed by atoms with E-state index in [4.69, 9.17) is 23.7 Å². The van der Waals surface area contributed by atoms with Crippen molar-refractivity contribution in [2.75, 3.05) is 39.6 Å². The van der Waals surface area contributed by atoms with Crippen LogP contribution in [0.5, 0.6) is 11.5 Å². The summed E-state index contributed by atoms with van der Waals surface area (Å²) in [5, 5.41) is 0.589. The van der Waals surface area contributed by atoms with Crippen molar-refractivity contribution in [1.29, 1.82) is 0 Å². The molecule has 1 heterocycles. The van der Waals surface area contributed by atoms with E-state index in [0.717, 1.165) is 49.7 Å². The fourth-order valence-corrected chi connectivity index (χ4v) is 9.03. The van der Waals surface area contributed by atoms with Crippen molar-refractivity contribution < 1.29 is 33.1 Å². The summed E-state index contributed by atoms with van der Waals surface area (Å²) in [6.45, 7) is 19.6. The number of unbranched alkanes of at least 4 members (excludes halogenated alkanes) is 14. The summed E-state index contributed by atoms with van der Waals surface area (Å²) >= 11 is 0. The Hall–Kier alpha value is -1.89. The van der Waals surface area contributed by atoms with Gasteiger partial charge in [0.25, 0.3) is 7.37 Å². The Morgan fingerprint density at radius 3 is 1.27 bits per heavy atom. The van der Waals surface area contributed by atoms with E-state index in [2.05, 4.69) is 55.4 Å². The average molecular weight is 801 g/mol. The summed E-state index contributed by atoms with van der Waals surface area (Å²) in [5.74, 6) is 0.822. The van der Waals surface area contributed by atoms with E-state index in [1.807, 2.05) is 36.4 Å². The molecule has 3 rings (SSSR count). The lowest BCUT2D eigenvalue weighted by Gasteiger charge is -2.27. The van der Waals surface area contributed by atoms with E-state index in [0.29, 0.717) is 48.5 Å². The highest BCUT2D eigenvalue weighted by atomic mass is 31.2. The van der Waals surface area contributed by atoms with Crippen molar-refractivity contribution in [2.45, 2.75) is 194 Å². The van der Waals surface area contributed by atoms with Crippen molar-refractivity contribution in [3.8, 4) is 11.5 Å². The molecule has 0 saturated heterocycles. The molecule has 2 aromatic carbocycles. The lowest BCUT2D eigenvalue weighted by molar-refractivity contribution is -0.0445. The summed E-state index contributed by atoms with van der Waals surface area (Å²) in [4.78, 5) is 12.5. The second kappa shape index (κ2) is 25.6. The molecule has 0 aliphatic carbocycles. The molecule has 2 atom stereocenters. The molecule has 56 heavy (non-hydrogen) atoms. The minimum Gasteiger partial charge on any atom is -0.490 e. The van der Waals surface area contributed by atoms with Crippen molar-refractivity contribution >= 4 is 18.0 Å². The molecule has 0 unspecified atom stereocenters. The highest BCUT2D eigenvalue weighted by Gasteiger charge is 2.35. The molecule has 0 spiro atoms. The smallest absolute Gasteiger partial charge is 0.266 e. The maximum absolute atomic E-state index is 15.2.